The Morgan fingerprint density at radius 2 is 2.32 bits per heavy atom. The number of nitrogen functional groups attached to an aromatic ring is 1. The monoisotopic (exact) mass is 262 g/mol. The van der Waals surface area contributed by atoms with Crippen molar-refractivity contribution in [2.75, 3.05) is 32.5 Å². The van der Waals surface area contributed by atoms with Gasteiger partial charge in [0.2, 0.25) is 0 Å². The molecule has 0 unspecified atom stereocenters. The van der Waals surface area contributed by atoms with Gasteiger partial charge in [-0.3, -0.25) is 9.78 Å². The first-order chi connectivity index (χ1) is 9.10. The second kappa shape index (κ2) is 7.34. The molecule has 0 spiro atoms. The van der Waals surface area contributed by atoms with Gasteiger partial charge in [-0.2, -0.15) is 5.26 Å². The van der Waals surface area contributed by atoms with Gasteiger partial charge in [0.15, 0.2) is 0 Å². The van der Waals surface area contributed by atoms with Gasteiger partial charge in [-0.05, 0) is 13.0 Å². The molecule has 1 heterocycles. The molecule has 0 aliphatic heterocycles. The minimum Gasteiger partial charge on any atom is -0.397 e. The Kier molecular flexibility index (Phi) is 5.76. The summed E-state index contributed by atoms with van der Waals surface area (Å²) < 4.78 is 4.98. The topological polar surface area (TPSA) is 92.2 Å². The number of nitrogens with two attached hydrogens (primary N) is 1. The predicted molar refractivity (Wildman–Crippen MR) is 71.4 cm³/mol. The number of pyridine rings is 1. The Balaban J connectivity index is 2.91. The molecule has 6 nitrogen and oxygen atoms in total. The highest BCUT2D eigenvalue weighted by Gasteiger charge is 2.18. The van der Waals surface area contributed by atoms with Crippen LogP contribution in [0.25, 0.3) is 0 Å². The molecular weight excluding hydrogens is 244 g/mol. The number of hydrogen-bond acceptors (Lipinski definition) is 5. The Labute approximate surface area is 112 Å². The largest absolute Gasteiger partial charge is 0.397 e. The van der Waals surface area contributed by atoms with Crippen molar-refractivity contribution >= 4 is 11.6 Å². The van der Waals surface area contributed by atoms with Crippen LogP contribution in [0.3, 0.4) is 0 Å². The zero-order chi connectivity index (χ0) is 14.3. The minimum atomic E-state index is -0.176. The number of nitriles is 1. The van der Waals surface area contributed by atoms with Crippen LogP contribution in [0.5, 0.6) is 0 Å². The molecule has 0 saturated carbocycles. The molecule has 1 aromatic heterocycles. The molecule has 0 radical (unpaired) electrons. The number of ether oxygens (including phenoxy) is 1. The number of rotatable bonds is 6. The molecule has 0 aromatic carbocycles. The fourth-order valence-electron chi connectivity index (χ4n) is 1.64. The average Bonchev–Trinajstić information content (AvgIpc) is 2.41. The third-order valence-corrected chi connectivity index (χ3v) is 2.68. The highest BCUT2D eigenvalue weighted by atomic mass is 16.5. The zero-order valence-electron chi connectivity index (χ0n) is 11.2. The maximum Gasteiger partial charge on any atom is 0.255 e. The Bertz CT molecular complexity index is 482. The fraction of sp³-hybridized carbons (Fsp3) is 0.462. The van der Waals surface area contributed by atoms with Crippen molar-refractivity contribution in [1.29, 1.82) is 5.26 Å². The van der Waals surface area contributed by atoms with Crippen molar-refractivity contribution in [2.24, 2.45) is 0 Å². The summed E-state index contributed by atoms with van der Waals surface area (Å²) in [5.74, 6) is -0.176. The number of nitrogens with zero attached hydrogens (tertiary/aromatic N) is 3. The molecule has 19 heavy (non-hydrogen) atoms. The average molecular weight is 262 g/mol. The standard InChI is InChI=1S/C13H18N4O2/c1-10-12(8-11(15)9-16-10)13(18)17(5-3-4-14)6-7-19-2/h8-9H,3,5-7,15H2,1-2H3. The van der Waals surface area contributed by atoms with E-state index in [4.69, 9.17) is 15.7 Å². The molecule has 1 aromatic rings. The second-order valence-corrected chi connectivity index (χ2v) is 4.09. The number of aryl methyl sites for hydroxylation is 1. The summed E-state index contributed by atoms with van der Waals surface area (Å²) in [7, 11) is 1.57. The number of carbonyl (C=O) groups excluding carboxylic acids is 1. The summed E-state index contributed by atoms with van der Waals surface area (Å²) in [6.45, 7) is 2.98. The highest BCUT2D eigenvalue weighted by Crippen LogP contribution is 2.12. The Hall–Kier alpha value is -2.13. The molecule has 0 aliphatic rings. The third-order valence-electron chi connectivity index (χ3n) is 2.68. The molecule has 2 N–H and O–H groups in total. The fourth-order valence-corrected chi connectivity index (χ4v) is 1.64. The number of aromatic nitrogens is 1. The lowest BCUT2D eigenvalue weighted by Gasteiger charge is -2.22. The van der Waals surface area contributed by atoms with E-state index in [0.29, 0.717) is 36.6 Å². The maximum absolute atomic E-state index is 12.4. The summed E-state index contributed by atoms with van der Waals surface area (Å²) >= 11 is 0. The van der Waals surface area contributed by atoms with Gasteiger partial charge in [-0.1, -0.05) is 0 Å². The molecule has 1 amide bonds. The summed E-state index contributed by atoms with van der Waals surface area (Å²) in [6, 6.07) is 3.64. The van der Waals surface area contributed by atoms with E-state index in [1.165, 1.54) is 6.20 Å². The number of carbonyl (C=O) groups is 1. The van der Waals surface area contributed by atoms with Crippen molar-refractivity contribution < 1.29 is 9.53 Å². The summed E-state index contributed by atoms with van der Waals surface area (Å²) in [6.07, 6.45) is 1.80. The quantitative estimate of drug-likeness (QED) is 0.824. The van der Waals surface area contributed by atoms with E-state index in [-0.39, 0.29) is 12.3 Å². The normalized spacial score (nSPS) is 9.95. The van der Waals surface area contributed by atoms with E-state index in [1.807, 2.05) is 6.07 Å². The van der Waals surface area contributed by atoms with Crippen molar-refractivity contribution in [3.63, 3.8) is 0 Å². The Morgan fingerprint density at radius 3 is 2.95 bits per heavy atom. The third kappa shape index (κ3) is 4.23. The van der Waals surface area contributed by atoms with Gasteiger partial charge in [-0.25, -0.2) is 0 Å². The van der Waals surface area contributed by atoms with Crippen molar-refractivity contribution in [1.82, 2.24) is 9.88 Å². The van der Waals surface area contributed by atoms with Crippen LogP contribution in [0.1, 0.15) is 22.5 Å². The number of amides is 1. The molecule has 102 valence electrons. The van der Waals surface area contributed by atoms with Gasteiger partial charge in [-0.15, -0.1) is 0 Å². The summed E-state index contributed by atoms with van der Waals surface area (Å²) in [5, 5.41) is 8.64. The van der Waals surface area contributed by atoms with E-state index in [1.54, 1.807) is 25.0 Å². The molecule has 0 atom stereocenters. The van der Waals surface area contributed by atoms with E-state index >= 15 is 0 Å². The van der Waals surface area contributed by atoms with Crippen LogP contribution in [0, 0.1) is 18.3 Å². The first-order valence-corrected chi connectivity index (χ1v) is 5.97. The minimum absolute atomic E-state index is 0.176. The van der Waals surface area contributed by atoms with Crippen molar-refractivity contribution in [2.45, 2.75) is 13.3 Å². The van der Waals surface area contributed by atoms with E-state index in [0.717, 1.165) is 0 Å². The SMILES string of the molecule is COCCN(CCC#N)C(=O)c1cc(N)cnc1C. The van der Waals surface area contributed by atoms with Gasteiger partial charge in [0, 0.05) is 20.2 Å². The number of hydrogen-bond donors (Lipinski definition) is 1. The van der Waals surface area contributed by atoms with E-state index < -0.39 is 0 Å². The van der Waals surface area contributed by atoms with Gasteiger partial charge in [0.05, 0.1) is 42.2 Å². The van der Waals surface area contributed by atoms with Gasteiger partial charge >= 0.3 is 0 Å². The highest BCUT2D eigenvalue weighted by molar-refractivity contribution is 5.96. The van der Waals surface area contributed by atoms with Crippen LogP contribution in [-0.4, -0.2) is 42.6 Å². The second-order valence-electron chi connectivity index (χ2n) is 4.09. The van der Waals surface area contributed by atoms with Crippen LogP contribution >= 0.6 is 0 Å². The van der Waals surface area contributed by atoms with E-state index in [9.17, 15) is 4.79 Å². The number of methoxy groups -OCH3 is 1. The molecular formula is C13H18N4O2. The molecule has 0 saturated heterocycles. The molecule has 0 aliphatic carbocycles. The first-order valence-electron chi connectivity index (χ1n) is 5.97. The number of anilines is 1. The molecule has 0 fully saturated rings. The lowest BCUT2D eigenvalue weighted by atomic mass is 10.1. The van der Waals surface area contributed by atoms with Gasteiger partial charge in [0.1, 0.15) is 0 Å². The first kappa shape index (κ1) is 14.9. The van der Waals surface area contributed by atoms with Crippen molar-refractivity contribution in [3.8, 4) is 6.07 Å². The van der Waals surface area contributed by atoms with Crippen LogP contribution in [0.4, 0.5) is 5.69 Å². The smallest absolute Gasteiger partial charge is 0.255 e. The van der Waals surface area contributed by atoms with Crippen LogP contribution in [0.15, 0.2) is 12.3 Å². The van der Waals surface area contributed by atoms with Crippen LogP contribution in [-0.2, 0) is 4.74 Å². The molecule has 6 heteroatoms. The van der Waals surface area contributed by atoms with Gasteiger partial charge in [0.25, 0.3) is 5.91 Å². The zero-order valence-corrected chi connectivity index (χ0v) is 11.2. The van der Waals surface area contributed by atoms with Gasteiger partial charge < -0.3 is 15.4 Å². The summed E-state index contributed by atoms with van der Waals surface area (Å²) in [4.78, 5) is 18.0. The van der Waals surface area contributed by atoms with E-state index in [2.05, 4.69) is 4.98 Å². The maximum atomic E-state index is 12.4. The van der Waals surface area contributed by atoms with Crippen LogP contribution in [0.2, 0.25) is 0 Å². The molecule has 1 rings (SSSR count). The lowest BCUT2D eigenvalue weighted by molar-refractivity contribution is 0.0698. The predicted octanol–water partition coefficient (Wildman–Crippen LogP) is 0.974. The lowest BCUT2D eigenvalue weighted by Crippen LogP contribution is -2.35. The van der Waals surface area contributed by atoms with Crippen molar-refractivity contribution in [3.05, 3.63) is 23.5 Å². The molecule has 0 bridgehead atoms. The summed E-state index contributed by atoms with van der Waals surface area (Å²) in [5.41, 5.74) is 7.19. The van der Waals surface area contributed by atoms with Crippen LogP contribution < -0.4 is 5.73 Å². The Morgan fingerprint density at radius 1 is 1.58 bits per heavy atom.